The van der Waals surface area contributed by atoms with E-state index in [1.807, 2.05) is 26.0 Å². The zero-order valence-electron chi connectivity index (χ0n) is 6.22. The van der Waals surface area contributed by atoms with Crippen LogP contribution in [0.3, 0.4) is 0 Å². The predicted octanol–water partition coefficient (Wildman–Crippen LogP) is 3.08. The first kappa shape index (κ1) is 8.22. The van der Waals surface area contributed by atoms with E-state index in [9.17, 15) is 0 Å². The third-order valence-corrected chi connectivity index (χ3v) is 1.13. The maximum absolute atomic E-state index is 3.66. The molecule has 0 aliphatic rings. The van der Waals surface area contributed by atoms with Crippen LogP contribution in [-0.2, 0) is 0 Å². The molecular weight excluding hydrogens is 108 g/mol. The summed E-state index contributed by atoms with van der Waals surface area (Å²) in [5, 5.41) is 0. The Bertz CT molecular complexity index is 127. The molecule has 0 heterocycles. The summed E-state index contributed by atoms with van der Waals surface area (Å²) in [5.41, 5.74) is 1.33. The number of hydrogen-bond acceptors (Lipinski definition) is 0. The Labute approximate surface area is 57.6 Å². The van der Waals surface area contributed by atoms with Crippen molar-refractivity contribution < 1.29 is 0 Å². The second kappa shape index (κ2) is 5.36. The largest absolute Gasteiger partial charge is 0.103 e. The monoisotopic (exact) mass is 122 g/mol. The Morgan fingerprint density at radius 3 is 2.44 bits per heavy atom. The minimum Gasteiger partial charge on any atom is -0.103 e. The normalized spacial score (nSPS) is 12.4. The molecule has 0 fully saturated rings. The highest BCUT2D eigenvalue weighted by Gasteiger charge is 1.81. The van der Waals surface area contributed by atoms with Crippen LogP contribution in [0, 0.1) is 0 Å². The Hall–Kier alpha value is -0.780. The lowest BCUT2D eigenvalue weighted by atomic mass is 10.2. The second-order valence-corrected chi connectivity index (χ2v) is 1.86. The standard InChI is InChI=1S/C9H14/c1-4-7-9(6-3)8-5-2/h4-6,8H,1,7H2,2-3H3/b8-5-,9-6+. The number of hydrogen-bond donors (Lipinski definition) is 0. The van der Waals surface area contributed by atoms with E-state index in [-0.39, 0.29) is 0 Å². The molecule has 0 bridgehead atoms. The summed E-state index contributed by atoms with van der Waals surface area (Å²) in [7, 11) is 0. The lowest BCUT2D eigenvalue weighted by molar-refractivity contribution is 1.27. The van der Waals surface area contributed by atoms with Crippen molar-refractivity contribution in [3.05, 3.63) is 36.5 Å². The number of rotatable bonds is 3. The van der Waals surface area contributed by atoms with Gasteiger partial charge in [-0.3, -0.25) is 0 Å². The van der Waals surface area contributed by atoms with Crippen LogP contribution in [0.1, 0.15) is 20.3 Å². The van der Waals surface area contributed by atoms with Crippen LogP contribution in [0.15, 0.2) is 36.5 Å². The van der Waals surface area contributed by atoms with E-state index in [1.165, 1.54) is 5.57 Å². The molecule has 0 aromatic heterocycles. The summed E-state index contributed by atoms with van der Waals surface area (Å²) in [5.74, 6) is 0. The molecule has 0 amide bonds. The maximum Gasteiger partial charge on any atom is -0.0104 e. The van der Waals surface area contributed by atoms with Crippen LogP contribution in [0.5, 0.6) is 0 Å². The lowest BCUT2D eigenvalue weighted by Crippen LogP contribution is -1.71. The topological polar surface area (TPSA) is 0 Å². The Kier molecular flexibility index (Phi) is 4.89. The molecule has 0 rings (SSSR count). The summed E-state index contributed by atoms with van der Waals surface area (Å²) in [6.45, 7) is 7.72. The van der Waals surface area contributed by atoms with Crippen LogP contribution < -0.4 is 0 Å². The van der Waals surface area contributed by atoms with Gasteiger partial charge >= 0.3 is 0 Å². The minimum atomic E-state index is 0.973. The van der Waals surface area contributed by atoms with Gasteiger partial charge in [0.2, 0.25) is 0 Å². The summed E-state index contributed by atoms with van der Waals surface area (Å²) in [6.07, 6.45) is 9.12. The van der Waals surface area contributed by atoms with Crippen molar-refractivity contribution in [2.75, 3.05) is 0 Å². The quantitative estimate of drug-likeness (QED) is 0.398. The highest BCUT2D eigenvalue weighted by atomic mass is 13.9. The molecule has 0 nitrogen and oxygen atoms in total. The van der Waals surface area contributed by atoms with Crippen molar-refractivity contribution >= 4 is 0 Å². The van der Waals surface area contributed by atoms with Crippen LogP contribution in [0.4, 0.5) is 0 Å². The van der Waals surface area contributed by atoms with Gasteiger partial charge in [0.05, 0.1) is 0 Å². The Morgan fingerprint density at radius 2 is 2.11 bits per heavy atom. The molecule has 0 spiro atoms. The first-order chi connectivity index (χ1) is 4.35. The molecule has 0 radical (unpaired) electrons. The van der Waals surface area contributed by atoms with Crippen molar-refractivity contribution in [3.8, 4) is 0 Å². The fraction of sp³-hybridized carbons (Fsp3) is 0.333. The Balaban J connectivity index is 3.84. The average Bonchev–Trinajstić information content (AvgIpc) is 1.88. The van der Waals surface area contributed by atoms with E-state index in [0.29, 0.717) is 0 Å². The van der Waals surface area contributed by atoms with Crippen LogP contribution in [-0.4, -0.2) is 0 Å². The highest BCUT2D eigenvalue weighted by Crippen LogP contribution is 2.02. The van der Waals surface area contributed by atoms with Gasteiger partial charge in [-0.05, 0) is 25.8 Å². The molecular formula is C9H14. The zero-order chi connectivity index (χ0) is 7.11. The summed E-state index contributed by atoms with van der Waals surface area (Å²) >= 11 is 0. The van der Waals surface area contributed by atoms with E-state index in [2.05, 4.69) is 18.7 Å². The van der Waals surface area contributed by atoms with Crippen molar-refractivity contribution in [3.63, 3.8) is 0 Å². The van der Waals surface area contributed by atoms with Gasteiger partial charge in [-0.15, -0.1) is 6.58 Å². The fourth-order valence-corrected chi connectivity index (χ4v) is 0.663. The molecule has 0 N–H and O–H groups in total. The van der Waals surface area contributed by atoms with Crippen LogP contribution >= 0.6 is 0 Å². The van der Waals surface area contributed by atoms with E-state index in [0.717, 1.165) is 6.42 Å². The minimum absolute atomic E-state index is 0.973. The Morgan fingerprint density at radius 1 is 1.44 bits per heavy atom. The molecule has 0 saturated carbocycles. The van der Waals surface area contributed by atoms with Gasteiger partial charge in [-0.2, -0.15) is 0 Å². The van der Waals surface area contributed by atoms with E-state index in [1.54, 1.807) is 0 Å². The van der Waals surface area contributed by atoms with Crippen LogP contribution in [0.25, 0.3) is 0 Å². The van der Waals surface area contributed by atoms with Gasteiger partial charge in [-0.1, -0.05) is 24.3 Å². The predicted molar refractivity (Wildman–Crippen MR) is 43.4 cm³/mol. The van der Waals surface area contributed by atoms with Gasteiger partial charge in [0.15, 0.2) is 0 Å². The molecule has 9 heavy (non-hydrogen) atoms. The molecule has 0 unspecified atom stereocenters. The van der Waals surface area contributed by atoms with Gasteiger partial charge < -0.3 is 0 Å². The lowest BCUT2D eigenvalue weighted by Gasteiger charge is -1.91. The van der Waals surface area contributed by atoms with E-state index in [4.69, 9.17) is 0 Å². The second-order valence-electron chi connectivity index (χ2n) is 1.86. The summed E-state index contributed by atoms with van der Waals surface area (Å²) < 4.78 is 0. The van der Waals surface area contributed by atoms with E-state index >= 15 is 0 Å². The molecule has 0 aromatic carbocycles. The van der Waals surface area contributed by atoms with E-state index < -0.39 is 0 Å². The van der Waals surface area contributed by atoms with Gasteiger partial charge in [0, 0.05) is 0 Å². The average molecular weight is 122 g/mol. The highest BCUT2D eigenvalue weighted by molar-refractivity contribution is 5.19. The zero-order valence-corrected chi connectivity index (χ0v) is 6.22. The molecule has 0 aromatic rings. The first-order valence-corrected chi connectivity index (χ1v) is 3.24. The van der Waals surface area contributed by atoms with Crippen molar-refractivity contribution in [2.45, 2.75) is 20.3 Å². The molecule has 0 heteroatoms. The summed E-state index contributed by atoms with van der Waals surface area (Å²) in [4.78, 5) is 0. The van der Waals surface area contributed by atoms with Gasteiger partial charge in [-0.25, -0.2) is 0 Å². The molecule has 0 saturated heterocycles. The maximum atomic E-state index is 3.66. The van der Waals surface area contributed by atoms with Gasteiger partial charge in [0.25, 0.3) is 0 Å². The van der Waals surface area contributed by atoms with Crippen LogP contribution in [0.2, 0.25) is 0 Å². The number of allylic oxidation sites excluding steroid dienone is 5. The molecule has 50 valence electrons. The first-order valence-electron chi connectivity index (χ1n) is 3.24. The fourth-order valence-electron chi connectivity index (χ4n) is 0.663. The molecule has 0 aliphatic carbocycles. The molecule has 0 aliphatic heterocycles. The smallest absolute Gasteiger partial charge is 0.0104 e. The van der Waals surface area contributed by atoms with Crippen molar-refractivity contribution in [2.24, 2.45) is 0 Å². The van der Waals surface area contributed by atoms with Crippen molar-refractivity contribution in [1.82, 2.24) is 0 Å². The summed E-state index contributed by atoms with van der Waals surface area (Å²) in [6, 6.07) is 0. The van der Waals surface area contributed by atoms with Gasteiger partial charge in [0.1, 0.15) is 0 Å². The third kappa shape index (κ3) is 3.77. The van der Waals surface area contributed by atoms with Crippen molar-refractivity contribution in [1.29, 1.82) is 0 Å². The SMILES string of the molecule is C=CCC(/C=C\C)=C\C. The third-order valence-electron chi connectivity index (χ3n) is 1.13. The molecule has 0 atom stereocenters.